The van der Waals surface area contributed by atoms with Gasteiger partial charge in [-0.1, -0.05) is 41.2 Å². The molecule has 1 saturated heterocycles. The number of anilines is 1. The molecule has 2 aliphatic heterocycles. The Morgan fingerprint density at radius 2 is 2.00 bits per heavy atom. The van der Waals surface area contributed by atoms with Crippen molar-refractivity contribution in [3.63, 3.8) is 0 Å². The predicted octanol–water partition coefficient (Wildman–Crippen LogP) is 3.21. The molecule has 5 rings (SSSR count). The van der Waals surface area contributed by atoms with Crippen molar-refractivity contribution in [2.45, 2.75) is 13.0 Å². The van der Waals surface area contributed by atoms with Crippen LogP contribution in [0.2, 0.25) is 0 Å². The molecule has 0 spiro atoms. The zero-order chi connectivity index (χ0) is 22.4. The molecule has 0 bridgehead atoms. The molecule has 0 saturated carbocycles. The highest BCUT2D eigenvalue weighted by Crippen LogP contribution is 2.48. The number of nitrogens with zero attached hydrogens (tertiary/aromatic N) is 3. The molecule has 1 atom stereocenters. The Balaban J connectivity index is 1.74. The van der Waals surface area contributed by atoms with Gasteiger partial charge in [0, 0.05) is 5.56 Å². The molecular weight excluding hydrogens is 434 g/mol. The number of methoxy groups -OCH3 is 1. The van der Waals surface area contributed by atoms with Gasteiger partial charge >= 0.3 is 5.91 Å². The highest BCUT2D eigenvalue weighted by molar-refractivity contribution is 7.13. The van der Waals surface area contributed by atoms with Gasteiger partial charge in [0.2, 0.25) is 17.7 Å². The van der Waals surface area contributed by atoms with Gasteiger partial charge in [0.1, 0.15) is 11.3 Å². The normalized spacial score (nSPS) is 18.9. The third-order valence-corrected chi connectivity index (χ3v) is 6.01. The first kappa shape index (κ1) is 20.0. The lowest BCUT2D eigenvalue weighted by Crippen LogP contribution is -2.29. The number of hydrogen-bond donors (Lipinski definition) is 1. The molecule has 10 heteroatoms. The Bertz CT molecular complexity index is 1250. The summed E-state index contributed by atoms with van der Waals surface area (Å²) in [5.74, 6) is -0.678. The molecule has 162 valence electrons. The number of rotatable bonds is 4. The van der Waals surface area contributed by atoms with Crippen molar-refractivity contribution in [3.8, 4) is 17.2 Å². The van der Waals surface area contributed by atoms with Crippen molar-refractivity contribution in [2.75, 3.05) is 18.8 Å². The summed E-state index contributed by atoms with van der Waals surface area (Å²) in [5.41, 5.74) is 3.31. The lowest BCUT2D eigenvalue weighted by Gasteiger charge is -2.23. The van der Waals surface area contributed by atoms with Crippen LogP contribution in [-0.4, -0.2) is 40.9 Å². The number of hydrogen-bond acceptors (Lipinski definition) is 9. The number of carbonyl (C=O) groups excluding carboxylic acids is 2. The van der Waals surface area contributed by atoms with Crippen LogP contribution in [0.3, 0.4) is 0 Å². The minimum atomic E-state index is -0.965. The summed E-state index contributed by atoms with van der Waals surface area (Å²) in [5, 5.41) is 19.1. The molecule has 3 aromatic rings. The van der Waals surface area contributed by atoms with Gasteiger partial charge < -0.3 is 19.3 Å². The maximum absolute atomic E-state index is 13.1. The van der Waals surface area contributed by atoms with Gasteiger partial charge in [-0.25, -0.2) is 0 Å². The lowest BCUT2D eigenvalue weighted by atomic mass is 9.94. The minimum Gasteiger partial charge on any atom is -0.507 e. The standard InChI is InChI=1S/C22H17N3O6S/c1-11-3-5-12(6-4-11)18(26)16-17(25(21(28)19(16)27)22-24-23-9-32-22)13-7-14(29-2)20-15(8-13)30-10-31-20/h3-9,17,26H,10H2,1-2H3/b18-16+. The fourth-order valence-electron chi connectivity index (χ4n) is 3.79. The van der Waals surface area contributed by atoms with Gasteiger partial charge in [-0.3, -0.25) is 14.5 Å². The zero-order valence-electron chi connectivity index (χ0n) is 17.1. The topological polar surface area (TPSA) is 111 Å². The second-order valence-corrected chi connectivity index (χ2v) is 8.03. The quantitative estimate of drug-likeness (QED) is 0.366. The largest absolute Gasteiger partial charge is 0.507 e. The first-order valence-electron chi connectivity index (χ1n) is 9.61. The number of amides is 1. The molecule has 9 nitrogen and oxygen atoms in total. The van der Waals surface area contributed by atoms with E-state index in [1.807, 2.05) is 19.1 Å². The van der Waals surface area contributed by atoms with E-state index in [1.165, 1.54) is 17.5 Å². The maximum Gasteiger partial charge on any atom is 0.301 e. The van der Waals surface area contributed by atoms with Crippen LogP contribution in [0.25, 0.3) is 5.76 Å². The Kier molecular flexibility index (Phi) is 4.78. The van der Waals surface area contributed by atoms with E-state index in [-0.39, 0.29) is 23.3 Å². The fourth-order valence-corrected chi connectivity index (χ4v) is 4.38. The monoisotopic (exact) mass is 451 g/mol. The number of fused-ring (bicyclic) bond motifs is 1. The molecule has 1 amide bonds. The third kappa shape index (κ3) is 3.07. The Morgan fingerprint density at radius 1 is 1.22 bits per heavy atom. The van der Waals surface area contributed by atoms with E-state index < -0.39 is 17.7 Å². The maximum atomic E-state index is 13.1. The first-order valence-corrected chi connectivity index (χ1v) is 10.5. The second-order valence-electron chi connectivity index (χ2n) is 7.21. The molecule has 0 radical (unpaired) electrons. The molecule has 3 heterocycles. The summed E-state index contributed by atoms with van der Waals surface area (Å²) in [7, 11) is 1.48. The first-order chi connectivity index (χ1) is 15.5. The summed E-state index contributed by atoms with van der Waals surface area (Å²) in [6.45, 7) is 1.94. The van der Waals surface area contributed by atoms with E-state index in [4.69, 9.17) is 14.2 Å². The van der Waals surface area contributed by atoms with Gasteiger partial charge in [-0.2, -0.15) is 0 Å². The van der Waals surface area contributed by atoms with Gasteiger partial charge in [0.15, 0.2) is 11.5 Å². The van der Waals surface area contributed by atoms with Crippen LogP contribution < -0.4 is 19.1 Å². The Labute approximate surface area is 186 Å². The summed E-state index contributed by atoms with van der Waals surface area (Å²) in [6, 6.07) is 9.37. The third-order valence-electron chi connectivity index (χ3n) is 5.32. The van der Waals surface area contributed by atoms with Crippen molar-refractivity contribution in [3.05, 3.63) is 64.2 Å². The van der Waals surface area contributed by atoms with Crippen LogP contribution in [-0.2, 0) is 9.59 Å². The van der Waals surface area contributed by atoms with Gasteiger partial charge in [-0.15, -0.1) is 10.2 Å². The van der Waals surface area contributed by atoms with E-state index in [0.29, 0.717) is 28.4 Å². The number of aromatic nitrogens is 2. The molecule has 2 aromatic carbocycles. The van der Waals surface area contributed by atoms with Gasteiger partial charge in [-0.05, 0) is 24.6 Å². The highest BCUT2D eigenvalue weighted by Gasteiger charge is 2.48. The molecular formula is C22H17N3O6S. The molecule has 2 aliphatic rings. The van der Waals surface area contributed by atoms with Crippen molar-refractivity contribution < 1.29 is 28.9 Å². The van der Waals surface area contributed by atoms with Crippen LogP contribution in [0, 0.1) is 6.92 Å². The fraction of sp³-hybridized carbons (Fsp3) is 0.182. The zero-order valence-corrected chi connectivity index (χ0v) is 17.9. The van der Waals surface area contributed by atoms with Crippen molar-refractivity contribution >= 4 is 33.9 Å². The van der Waals surface area contributed by atoms with Gasteiger partial charge in [0.05, 0.1) is 18.7 Å². The van der Waals surface area contributed by atoms with Crippen LogP contribution in [0.15, 0.2) is 47.5 Å². The number of aryl methyl sites for hydroxylation is 1. The van der Waals surface area contributed by atoms with E-state index in [0.717, 1.165) is 16.9 Å². The van der Waals surface area contributed by atoms with Crippen LogP contribution in [0.4, 0.5) is 5.13 Å². The number of ketones is 1. The summed E-state index contributed by atoms with van der Waals surface area (Å²) < 4.78 is 16.4. The van der Waals surface area contributed by atoms with Crippen LogP contribution in [0.1, 0.15) is 22.7 Å². The predicted molar refractivity (Wildman–Crippen MR) is 115 cm³/mol. The van der Waals surface area contributed by atoms with E-state index in [9.17, 15) is 14.7 Å². The average molecular weight is 451 g/mol. The number of aliphatic hydroxyl groups excluding tert-OH is 1. The summed E-state index contributed by atoms with van der Waals surface area (Å²) in [6.07, 6.45) is 0. The lowest BCUT2D eigenvalue weighted by molar-refractivity contribution is -0.132. The van der Waals surface area contributed by atoms with E-state index in [2.05, 4.69) is 10.2 Å². The number of aliphatic hydroxyl groups is 1. The smallest absolute Gasteiger partial charge is 0.301 e. The van der Waals surface area contributed by atoms with Crippen molar-refractivity contribution in [1.82, 2.24) is 10.2 Å². The number of carbonyl (C=O) groups is 2. The Hall–Kier alpha value is -3.92. The number of benzene rings is 2. The average Bonchev–Trinajstić information content (AvgIpc) is 3.54. The minimum absolute atomic E-state index is 0.0229. The number of ether oxygens (including phenoxy) is 3. The highest BCUT2D eigenvalue weighted by atomic mass is 32.1. The van der Waals surface area contributed by atoms with E-state index >= 15 is 0 Å². The van der Waals surface area contributed by atoms with E-state index in [1.54, 1.807) is 24.3 Å². The summed E-state index contributed by atoms with van der Waals surface area (Å²) in [4.78, 5) is 27.4. The van der Waals surface area contributed by atoms with Crippen LogP contribution >= 0.6 is 11.3 Å². The SMILES string of the molecule is COc1cc(C2/C(=C(\O)c3ccc(C)cc3)C(=O)C(=O)N2c2nncs2)cc2c1OCO2. The second kappa shape index (κ2) is 7.65. The Morgan fingerprint density at radius 3 is 2.69 bits per heavy atom. The molecule has 0 aliphatic carbocycles. The molecule has 1 unspecified atom stereocenters. The molecule has 32 heavy (non-hydrogen) atoms. The molecule has 1 N–H and O–H groups in total. The number of Topliss-reactive ketones (excluding diaryl/α,β-unsaturated/α-hetero) is 1. The van der Waals surface area contributed by atoms with Crippen molar-refractivity contribution in [1.29, 1.82) is 0 Å². The molecule has 1 fully saturated rings. The molecule has 1 aromatic heterocycles. The van der Waals surface area contributed by atoms with Gasteiger partial charge in [0.25, 0.3) is 5.78 Å². The van der Waals surface area contributed by atoms with Crippen LogP contribution in [0.5, 0.6) is 17.2 Å². The van der Waals surface area contributed by atoms with Crippen molar-refractivity contribution in [2.24, 2.45) is 0 Å². The summed E-state index contributed by atoms with van der Waals surface area (Å²) >= 11 is 1.11.